The van der Waals surface area contributed by atoms with Gasteiger partial charge in [-0.2, -0.15) is 5.26 Å². The van der Waals surface area contributed by atoms with Crippen LogP contribution in [0, 0.1) is 11.3 Å². The van der Waals surface area contributed by atoms with Crippen LogP contribution in [0.2, 0.25) is 0 Å². The summed E-state index contributed by atoms with van der Waals surface area (Å²) >= 11 is 0. The highest BCUT2D eigenvalue weighted by molar-refractivity contribution is 5.98. The van der Waals surface area contributed by atoms with Crippen molar-refractivity contribution >= 4 is 16.7 Å². The summed E-state index contributed by atoms with van der Waals surface area (Å²) in [5, 5.41) is 28.3. The number of hydrogen-bond acceptors (Lipinski definition) is 6. The van der Waals surface area contributed by atoms with Gasteiger partial charge in [0.25, 0.3) is 5.56 Å². The van der Waals surface area contributed by atoms with Crippen LogP contribution in [0.1, 0.15) is 22.3 Å². The molecule has 0 unspecified atom stereocenters. The molecule has 0 saturated heterocycles. The number of nitrogens with zero attached hydrogens (tertiary/aromatic N) is 3. The molecule has 0 amide bonds. The number of rotatable bonds is 4. The summed E-state index contributed by atoms with van der Waals surface area (Å²) in [7, 11) is 0. The predicted molar refractivity (Wildman–Crippen MR) is 89.4 cm³/mol. The number of carbonyl (C=O) groups excluding carboxylic acids is 1. The first kappa shape index (κ1) is 16.2. The molecular weight excluding hydrogens is 322 g/mol. The van der Waals surface area contributed by atoms with Crippen molar-refractivity contribution in [1.82, 2.24) is 9.55 Å². The van der Waals surface area contributed by atoms with Crippen LogP contribution in [-0.4, -0.2) is 25.5 Å². The van der Waals surface area contributed by atoms with Crippen molar-refractivity contribution in [3.63, 3.8) is 0 Å². The van der Waals surface area contributed by atoms with E-state index in [2.05, 4.69) is 4.98 Å². The van der Waals surface area contributed by atoms with Gasteiger partial charge in [0.05, 0.1) is 28.4 Å². The van der Waals surface area contributed by atoms with Gasteiger partial charge in [-0.15, -0.1) is 0 Å². The molecule has 7 nitrogen and oxygen atoms in total. The van der Waals surface area contributed by atoms with Gasteiger partial charge in [0.1, 0.15) is 17.6 Å². The fourth-order valence-corrected chi connectivity index (χ4v) is 2.57. The first-order valence-corrected chi connectivity index (χ1v) is 7.44. The highest BCUT2D eigenvalue weighted by Crippen LogP contribution is 2.23. The molecule has 1 aromatic heterocycles. The summed E-state index contributed by atoms with van der Waals surface area (Å²) in [5.74, 6) is -0.841. The molecule has 0 bridgehead atoms. The fraction of sp³-hybridized carbons (Fsp3) is 0.111. The summed E-state index contributed by atoms with van der Waals surface area (Å²) < 4.78 is 1.26. The van der Waals surface area contributed by atoms with Crippen molar-refractivity contribution in [1.29, 1.82) is 5.26 Å². The number of aryl methyl sites for hydroxylation is 1. The Hall–Kier alpha value is -3.66. The molecule has 2 N–H and O–H groups in total. The van der Waals surface area contributed by atoms with Gasteiger partial charge < -0.3 is 10.2 Å². The number of benzene rings is 2. The average molecular weight is 335 g/mol. The van der Waals surface area contributed by atoms with Crippen molar-refractivity contribution in [3.8, 4) is 17.6 Å². The minimum absolute atomic E-state index is 0.0415. The number of nitriles is 1. The summed E-state index contributed by atoms with van der Waals surface area (Å²) in [6.45, 7) is 0.0562. The minimum atomic E-state index is -0.398. The minimum Gasteiger partial charge on any atom is -0.508 e. The van der Waals surface area contributed by atoms with Crippen molar-refractivity contribution in [2.75, 3.05) is 0 Å². The Morgan fingerprint density at radius 1 is 1.24 bits per heavy atom. The maximum absolute atomic E-state index is 12.5. The molecular formula is C18H13N3O4. The van der Waals surface area contributed by atoms with Gasteiger partial charge in [0.15, 0.2) is 5.78 Å². The third kappa shape index (κ3) is 3.05. The lowest BCUT2D eigenvalue weighted by molar-refractivity contribution is 0.0974. The molecule has 0 saturated carbocycles. The smallest absolute Gasteiger partial charge is 0.262 e. The molecule has 3 aromatic rings. The van der Waals surface area contributed by atoms with E-state index in [4.69, 9.17) is 5.26 Å². The molecule has 2 aromatic carbocycles. The highest BCUT2D eigenvalue weighted by Gasteiger charge is 2.14. The van der Waals surface area contributed by atoms with Crippen molar-refractivity contribution < 1.29 is 15.0 Å². The normalized spacial score (nSPS) is 10.5. The summed E-state index contributed by atoms with van der Waals surface area (Å²) in [4.78, 5) is 28.9. The number of Topliss-reactive ketones (excluding diaryl/α,β-unsaturated/α-hetero) is 1. The lowest BCUT2D eigenvalue weighted by Gasteiger charge is -2.08. The number of hydrogen-bond donors (Lipinski definition) is 2. The van der Waals surface area contributed by atoms with Crippen molar-refractivity contribution in [2.45, 2.75) is 13.0 Å². The largest absolute Gasteiger partial charge is 0.508 e. The highest BCUT2D eigenvalue weighted by atomic mass is 16.3. The molecule has 0 radical (unpaired) electrons. The van der Waals surface area contributed by atoms with Gasteiger partial charge in [-0.1, -0.05) is 6.07 Å². The van der Waals surface area contributed by atoms with Crippen molar-refractivity contribution in [3.05, 3.63) is 64.2 Å². The lowest BCUT2D eigenvalue weighted by atomic mass is 10.1. The Kier molecular flexibility index (Phi) is 4.18. The zero-order chi connectivity index (χ0) is 18.0. The number of phenols is 2. The standard InChI is InChI=1S/C18H13N3O4/c19-9-11-2-1-3-14-17(11)18(25)21(10-20-14)7-6-15(23)13-5-4-12(22)8-16(13)24/h1-5,8,10,22,24H,6-7H2. The van der Waals surface area contributed by atoms with Gasteiger partial charge in [-0.05, 0) is 24.3 Å². The molecule has 1 heterocycles. The second kappa shape index (κ2) is 6.45. The van der Waals surface area contributed by atoms with Crippen LogP contribution in [0.5, 0.6) is 11.5 Å². The zero-order valence-electron chi connectivity index (χ0n) is 13.0. The first-order valence-electron chi connectivity index (χ1n) is 7.44. The maximum atomic E-state index is 12.5. The SMILES string of the molecule is N#Cc1cccc2ncn(CCC(=O)c3ccc(O)cc3O)c(=O)c12. The monoisotopic (exact) mass is 335 g/mol. The van der Waals surface area contributed by atoms with Crippen LogP contribution in [0.25, 0.3) is 10.9 Å². The Morgan fingerprint density at radius 3 is 2.76 bits per heavy atom. The molecule has 0 aliphatic carbocycles. The van der Waals surface area contributed by atoms with Gasteiger partial charge >= 0.3 is 0 Å². The van der Waals surface area contributed by atoms with E-state index in [1.165, 1.54) is 29.1 Å². The van der Waals surface area contributed by atoms with Crippen LogP contribution in [0.3, 0.4) is 0 Å². The fourth-order valence-electron chi connectivity index (χ4n) is 2.57. The maximum Gasteiger partial charge on any atom is 0.262 e. The Labute approximate surface area is 142 Å². The Morgan fingerprint density at radius 2 is 2.04 bits per heavy atom. The quantitative estimate of drug-likeness (QED) is 0.704. The number of phenolic OH excluding ortho intramolecular Hbond substituents is 2. The molecule has 0 atom stereocenters. The number of carbonyl (C=O) groups is 1. The summed E-state index contributed by atoms with van der Waals surface area (Å²) in [6, 6.07) is 10.5. The molecule has 3 rings (SSSR count). The van der Waals surface area contributed by atoms with E-state index in [1.54, 1.807) is 12.1 Å². The average Bonchev–Trinajstić information content (AvgIpc) is 2.60. The Bertz CT molecular complexity index is 1080. The van der Waals surface area contributed by atoms with Crippen LogP contribution in [0.15, 0.2) is 47.5 Å². The topological polar surface area (TPSA) is 116 Å². The summed E-state index contributed by atoms with van der Waals surface area (Å²) in [5.41, 5.74) is 0.317. The molecule has 0 aliphatic heterocycles. The zero-order valence-corrected chi connectivity index (χ0v) is 13.0. The second-order valence-electron chi connectivity index (χ2n) is 5.43. The third-order valence-electron chi connectivity index (χ3n) is 3.84. The molecule has 0 fully saturated rings. The van der Waals surface area contributed by atoms with Crippen molar-refractivity contribution in [2.24, 2.45) is 0 Å². The molecule has 0 aliphatic rings. The first-order chi connectivity index (χ1) is 12.0. The molecule has 124 valence electrons. The van der Waals surface area contributed by atoms with E-state index in [0.717, 1.165) is 6.07 Å². The molecule has 7 heteroatoms. The van der Waals surface area contributed by atoms with E-state index in [9.17, 15) is 19.8 Å². The van der Waals surface area contributed by atoms with Crippen LogP contribution in [0.4, 0.5) is 0 Å². The van der Waals surface area contributed by atoms with E-state index in [0.29, 0.717) is 5.52 Å². The van der Waals surface area contributed by atoms with Gasteiger partial charge in [0, 0.05) is 19.0 Å². The second-order valence-corrected chi connectivity index (χ2v) is 5.43. The van der Waals surface area contributed by atoms with E-state index in [-0.39, 0.29) is 46.8 Å². The van der Waals surface area contributed by atoms with Crippen LogP contribution in [-0.2, 0) is 6.54 Å². The van der Waals surface area contributed by atoms with Gasteiger partial charge in [-0.3, -0.25) is 14.2 Å². The van der Waals surface area contributed by atoms with E-state index >= 15 is 0 Å². The predicted octanol–water partition coefficient (Wildman–Crippen LogP) is 1.95. The van der Waals surface area contributed by atoms with Crippen LogP contribution < -0.4 is 5.56 Å². The molecule has 0 spiro atoms. The van der Waals surface area contributed by atoms with E-state index in [1.807, 2.05) is 6.07 Å². The number of aromatic hydroxyl groups is 2. The number of fused-ring (bicyclic) bond motifs is 1. The summed E-state index contributed by atoms with van der Waals surface area (Å²) in [6.07, 6.45) is 1.29. The molecule has 25 heavy (non-hydrogen) atoms. The number of ketones is 1. The third-order valence-corrected chi connectivity index (χ3v) is 3.84. The van der Waals surface area contributed by atoms with E-state index < -0.39 is 5.56 Å². The van der Waals surface area contributed by atoms with Gasteiger partial charge in [-0.25, -0.2) is 4.98 Å². The van der Waals surface area contributed by atoms with Crippen LogP contribution >= 0.6 is 0 Å². The number of aromatic nitrogens is 2. The lowest BCUT2D eigenvalue weighted by Crippen LogP contribution is -2.22. The van der Waals surface area contributed by atoms with Gasteiger partial charge in [0.2, 0.25) is 0 Å². The Balaban J connectivity index is 1.89.